The number of aromatic nitrogens is 4. The lowest BCUT2D eigenvalue weighted by Gasteiger charge is -2.07. The lowest BCUT2D eigenvalue weighted by atomic mass is 10.2. The van der Waals surface area contributed by atoms with Crippen LogP contribution in [0.25, 0.3) is 11.3 Å². The van der Waals surface area contributed by atoms with E-state index in [0.717, 1.165) is 24.3 Å². The maximum Gasteiger partial charge on any atom is 0.223 e. The van der Waals surface area contributed by atoms with Gasteiger partial charge in [-0.2, -0.15) is 0 Å². The second kappa shape index (κ2) is 5.97. The van der Waals surface area contributed by atoms with Crippen molar-refractivity contribution in [3.63, 3.8) is 0 Å². The van der Waals surface area contributed by atoms with Crippen molar-refractivity contribution in [2.24, 2.45) is 0 Å². The Morgan fingerprint density at radius 2 is 1.95 bits per heavy atom. The average molecular weight is 265 g/mol. The number of hydrogen-bond donors (Lipinski definition) is 1. The van der Waals surface area contributed by atoms with Crippen LogP contribution in [0.1, 0.15) is 0 Å². The molecule has 1 N–H and O–H groups in total. The number of nitrogens with zero attached hydrogens (tertiary/aromatic N) is 4. The molecule has 0 aliphatic rings. The van der Waals surface area contributed by atoms with E-state index in [2.05, 4.69) is 24.8 Å². The average Bonchev–Trinajstić information content (AvgIpc) is 3.02. The molecule has 0 atom stereocenters. The summed E-state index contributed by atoms with van der Waals surface area (Å²) in [4.78, 5) is 12.8. The highest BCUT2D eigenvalue weighted by atomic mass is 15.1. The minimum atomic E-state index is 0.638. The molecular formula is C15H15N5. The van der Waals surface area contributed by atoms with Crippen LogP contribution in [-0.2, 0) is 6.54 Å². The molecule has 0 fully saturated rings. The number of pyridine rings is 1. The van der Waals surface area contributed by atoms with Crippen molar-refractivity contribution >= 4 is 5.95 Å². The van der Waals surface area contributed by atoms with E-state index in [9.17, 15) is 0 Å². The molecule has 0 unspecified atom stereocenters. The highest BCUT2D eigenvalue weighted by Gasteiger charge is 2.01. The molecule has 0 amide bonds. The number of hydrogen-bond acceptors (Lipinski definition) is 4. The van der Waals surface area contributed by atoms with Crippen LogP contribution in [0.15, 0.2) is 61.3 Å². The molecule has 3 rings (SSSR count). The molecule has 0 aliphatic carbocycles. The van der Waals surface area contributed by atoms with Crippen LogP contribution in [-0.4, -0.2) is 26.1 Å². The molecule has 3 aromatic heterocycles. The first kappa shape index (κ1) is 12.3. The van der Waals surface area contributed by atoms with E-state index in [1.165, 1.54) is 0 Å². The van der Waals surface area contributed by atoms with Crippen LogP contribution >= 0.6 is 0 Å². The zero-order valence-electron chi connectivity index (χ0n) is 11.0. The molecule has 5 nitrogen and oxygen atoms in total. The Morgan fingerprint density at radius 3 is 2.75 bits per heavy atom. The van der Waals surface area contributed by atoms with E-state index in [0.29, 0.717) is 5.95 Å². The fraction of sp³-hybridized carbons (Fsp3) is 0.133. The molecule has 0 spiro atoms. The largest absolute Gasteiger partial charge is 0.353 e. The van der Waals surface area contributed by atoms with Crippen LogP contribution in [0.4, 0.5) is 5.95 Å². The fourth-order valence-corrected chi connectivity index (χ4v) is 1.93. The van der Waals surface area contributed by atoms with Gasteiger partial charge in [0.05, 0.1) is 5.69 Å². The molecule has 100 valence electrons. The highest BCUT2D eigenvalue weighted by molar-refractivity contribution is 5.58. The van der Waals surface area contributed by atoms with E-state index in [-0.39, 0.29) is 0 Å². The van der Waals surface area contributed by atoms with E-state index >= 15 is 0 Å². The molecule has 5 heteroatoms. The van der Waals surface area contributed by atoms with Crippen LogP contribution in [0.2, 0.25) is 0 Å². The van der Waals surface area contributed by atoms with Crippen molar-refractivity contribution in [2.75, 3.05) is 11.9 Å². The Morgan fingerprint density at radius 1 is 1.05 bits per heavy atom. The van der Waals surface area contributed by atoms with Gasteiger partial charge in [-0.15, -0.1) is 0 Å². The van der Waals surface area contributed by atoms with Gasteiger partial charge in [0.15, 0.2) is 0 Å². The second-order valence-corrected chi connectivity index (χ2v) is 4.35. The Bertz CT molecular complexity index is 649. The Kier molecular flexibility index (Phi) is 3.68. The molecule has 0 saturated carbocycles. The van der Waals surface area contributed by atoms with Gasteiger partial charge in [0.1, 0.15) is 0 Å². The normalized spacial score (nSPS) is 10.4. The van der Waals surface area contributed by atoms with Gasteiger partial charge in [-0.25, -0.2) is 9.97 Å². The fourth-order valence-electron chi connectivity index (χ4n) is 1.93. The monoisotopic (exact) mass is 265 g/mol. The van der Waals surface area contributed by atoms with Crippen LogP contribution in [0.3, 0.4) is 0 Å². The molecule has 3 aromatic rings. The summed E-state index contributed by atoms with van der Waals surface area (Å²) in [6.07, 6.45) is 9.38. The smallest absolute Gasteiger partial charge is 0.223 e. The maximum atomic E-state index is 4.49. The van der Waals surface area contributed by atoms with Gasteiger partial charge >= 0.3 is 0 Å². The van der Waals surface area contributed by atoms with Gasteiger partial charge in [0, 0.05) is 49.6 Å². The number of rotatable bonds is 5. The van der Waals surface area contributed by atoms with E-state index in [4.69, 9.17) is 0 Å². The standard InChI is InChI=1S/C15H15N5/c1-2-10-20(9-1)11-8-18-15-17-7-5-14(19-15)13-4-3-6-16-12-13/h1-7,9-10,12H,8,11H2,(H,17,18,19). The topological polar surface area (TPSA) is 55.6 Å². The molecule has 0 aliphatic heterocycles. The number of anilines is 1. The summed E-state index contributed by atoms with van der Waals surface area (Å²) in [5, 5.41) is 3.23. The van der Waals surface area contributed by atoms with E-state index in [1.54, 1.807) is 18.6 Å². The summed E-state index contributed by atoms with van der Waals surface area (Å²) < 4.78 is 2.11. The van der Waals surface area contributed by atoms with Crippen molar-refractivity contribution in [3.05, 3.63) is 61.3 Å². The lowest BCUT2D eigenvalue weighted by molar-refractivity contribution is 0.729. The van der Waals surface area contributed by atoms with Crippen molar-refractivity contribution < 1.29 is 0 Å². The SMILES string of the molecule is c1cncc(-c2ccnc(NCCn3cccc3)n2)c1. The summed E-state index contributed by atoms with van der Waals surface area (Å²) >= 11 is 0. The molecule has 0 radical (unpaired) electrons. The Labute approximate surface area is 117 Å². The van der Waals surface area contributed by atoms with Crippen molar-refractivity contribution in [2.45, 2.75) is 6.54 Å². The lowest BCUT2D eigenvalue weighted by Crippen LogP contribution is -2.11. The first-order valence-electron chi connectivity index (χ1n) is 6.50. The predicted molar refractivity (Wildman–Crippen MR) is 78.2 cm³/mol. The molecule has 0 aromatic carbocycles. The van der Waals surface area contributed by atoms with Crippen molar-refractivity contribution in [1.82, 2.24) is 19.5 Å². The van der Waals surface area contributed by atoms with Gasteiger partial charge in [0.2, 0.25) is 5.95 Å². The van der Waals surface area contributed by atoms with Crippen LogP contribution < -0.4 is 5.32 Å². The second-order valence-electron chi connectivity index (χ2n) is 4.35. The molecule has 20 heavy (non-hydrogen) atoms. The summed E-state index contributed by atoms with van der Waals surface area (Å²) in [6, 6.07) is 9.79. The third kappa shape index (κ3) is 3.00. The quantitative estimate of drug-likeness (QED) is 0.770. The summed E-state index contributed by atoms with van der Waals surface area (Å²) in [5.41, 5.74) is 1.86. The first-order chi connectivity index (χ1) is 9.92. The molecule has 0 saturated heterocycles. The number of nitrogens with one attached hydrogen (secondary N) is 1. The predicted octanol–water partition coefficient (Wildman–Crippen LogP) is 2.45. The van der Waals surface area contributed by atoms with Gasteiger partial charge in [-0.1, -0.05) is 0 Å². The zero-order chi connectivity index (χ0) is 13.6. The molecular weight excluding hydrogens is 250 g/mol. The van der Waals surface area contributed by atoms with E-state index in [1.807, 2.05) is 42.7 Å². The Hall–Kier alpha value is -2.69. The van der Waals surface area contributed by atoms with Crippen LogP contribution in [0, 0.1) is 0 Å². The van der Waals surface area contributed by atoms with Gasteiger partial charge in [-0.3, -0.25) is 4.98 Å². The zero-order valence-corrected chi connectivity index (χ0v) is 11.0. The van der Waals surface area contributed by atoms with Crippen LogP contribution in [0.5, 0.6) is 0 Å². The van der Waals surface area contributed by atoms with Gasteiger partial charge < -0.3 is 9.88 Å². The maximum absolute atomic E-state index is 4.49. The van der Waals surface area contributed by atoms with Crippen molar-refractivity contribution in [1.29, 1.82) is 0 Å². The first-order valence-corrected chi connectivity index (χ1v) is 6.50. The minimum Gasteiger partial charge on any atom is -0.353 e. The van der Waals surface area contributed by atoms with E-state index < -0.39 is 0 Å². The highest BCUT2D eigenvalue weighted by Crippen LogP contribution is 2.15. The summed E-state index contributed by atoms with van der Waals surface area (Å²) in [7, 11) is 0. The molecule has 0 bridgehead atoms. The minimum absolute atomic E-state index is 0.638. The van der Waals surface area contributed by atoms with Gasteiger partial charge in [0.25, 0.3) is 0 Å². The summed E-state index contributed by atoms with van der Waals surface area (Å²) in [5.74, 6) is 0.638. The third-order valence-corrected chi connectivity index (χ3v) is 2.93. The third-order valence-electron chi connectivity index (χ3n) is 2.93. The summed E-state index contributed by atoms with van der Waals surface area (Å²) in [6.45, 7) is 1.67. The van der Waals surface area contributed by atoms with Gasteiger partial charge in [-0.05, 0) is 30.3 Å². The Balaban J connectivity index is 1.66. The van der Waals surface area contributed by atoms with Crippen molar-refractivity contribution in [3.8, 4) is 11.3 Å². The molecule has 3 heterocycles.